The Morgan fingerprint density at radius 1 is 1.45 bits per heavy atom. The molecule has 0 aliphatic carbocycles. The van der Waals surface area contributed by atoms with Crippen molar-refractivity contribution in [3.63, 3.8) is 0 Å². The largest absolute Gasteiger partial charge is 0.327 e. The fourth-order valence-electron chi connectivity index (χ4n) is 1.71. The average molecular weight is 293 g/mol. The molecule has 2 aromatic rings. The van der Waals surface area contributed by atoms with E-state index in [0.29, 0.717) is 16.5 Å². The summed E-state index contributed by atoms with van der Waals surface area (Å²) in [5.74, 6) is -0.331. The van der Waals surface area contributed by atoms with Gasteiger partial charge in [0.1, 0.15) is 5.82 Å². The molecule has 0 spiro atoms. The quantitative estimate of drug-likeness (QED) is 0.830. The summed E-state index contributed by atoms with van der Waals surface area (Å²) in [6.45, 7) is 2.00. The van der Waals surface area contributed by atoms with Gasteiger partial charge in [-0.25, -0.2) is 9.37 Å². The number of aromatic nitrogens is 2. The molecule has 0 amide bonds. The van der Waals surface area contributed by atoms with Crippen molar-refractivity contribution in [2.24, 2.45) is 5.73 Å². The van der Waals surface area contributed by atoms with Gasteiger partial charge < -0.3 is 10.7 Å². The van der Waals surface area contributed by atoms with Gasteiger partial charge in [0.15, 0.2) is 5.16 Å². The van der Waals surface area contributed by atoms with E-state index >= 15 is 0 Å². The first kappa shape index (κ1) is 14.7. The summed E-state index contributed by atoms with van der Waals surface area (Å²) >= 11 is 1.09. The zero-order valence-corrected chi connectivity index (χ0v) is 11.9. The normalized spacial score (nSPS) is 12.3. The first-order valence-electron chi connectivity index (χ1n) is 6.35. The van der Waals surface area contributed by atoms with E-state index in [1.54, 1.807) is 6.07 Å². The van der Waals surface area contributed by atoms with Crippen LogP contribution in [-0.2, 0) is 6.42 Å². The van der Waals surface area contributed by atoms with Gasteiger partial charge in [-0.05, 0) is 42.3 Å². The van der Waals surface area contributed by atoms with Crippen molar-refractivity contribution < 1.29 is 4.39 Å². The Labute approximate surface area is 120 Å². The number of nitrogens with two attached hydrogens (primary N) is 1. The number of rotatable bonds is 5. The van der Waals surface area contributed by atoms with Gasteiger partial charge in [-0.1, -0.05) is 13.0 Å². The highest BCUT2D eigenvalue weighted by Crippen LogP contribution is 2.27. The van der Waals surface area contributed by atoms with Gasteiger partial charge in [0, 0.05) is 18.3 Å². The summed E-state index contributed by atoms with van der Waals surface area (Å²) in [5.41, 5.74) is 6.47. The molecule has 0 bridgehead atoms. The summed E-state index contributed by atoms with van der Waals surface area (Å²) in [4.78, 5) is 18.1. The van der Waals surface area contributed by atoms with Crippen LogP contribution >= 0.6 is 11.8 Å². The summed E-state index contributed by atoms with van der Waals surface area (Å²) < 4.78 is 14.0. The number of halogens is 1. The van der Waals surface area contributed by atoms with Crippen molar-refractivity contribution in [2.45, 2.75) is 35.9 Å². The lowest BCUT2D eigenvalue weighted by Gasteiger charge is -2.10. The third-order valence-corrected chi connectivity index (χ3v) is 3.82. The minimum absolute atomic E-state index is 0.0417. The van der Waals surface area contributed by atoms with Gasteiger partial charge in [-0.3, -0.25) is 4.79 Å². The van der Waals surface area contributed by atoms with Gasteiger partial charge in [-0.2, -0.15) is 0 Å². The van der Waals surface area contributed by atoms with Gasteiger partial charge in [0.2, 0.25) is 0 Å². The third-order valence-electron chi connectivity index (χ3n) is 2.87. The van der Waals surface area contributed by atoms with E-state index in [1.165, 1.54) is 18.3 Å². The van der Waals surface area contributed by atoms with E-state index in [-0.39, 0.29) is 17.4 Å². The second-order valence-corrected chi connectivity index (χ2v) is 5.51. The molecule has 4 nitrogen and oxygen atoms in total. The molecule has 0 saturated heterocycles. The van der Waals surface area contributed by atoms with Crippen LogP contribution in [0, 0.1) is 5.82 Å². The van der Waals surface area contributed by atoms with E-state index in [9.17, 15) is 9.18 Å². The van der Waals surface area contributed by atoms with Gasteiger partial charge in [0.05, 0.1) is 4.90 Å². The number of benzene rings is 1. The van der Waals surface area contributed by atoms with Crippen molar-refractivity contribution in [1.82, 2.24) is 9.97 Å². The van der Waals surface area contributed by atoms with Gasteiger partial charge >= 0.3 is 0 Å². The number of hydrogen-bond acceptors (Lipinski definition) is 4. The summed E-state index contributed by atoms with van der Waals surface area (Å²) in [5, 5.41) is 0.370. The molecule has 1 aromatic carbocycles. The van der Waals surface area contributed by atoms with Crippen molar-refractivity contribution >= 4 is 11.8 Å². The van der Waals surface area contributed by atoms with Crippen LogP contribution in [0.25, 0.3) is 0 Å². The topological polar surface area (TPSA) is 71.8 Å². The molecule has 1 heterocycles. The molecule has 2 rings (SSSR count). The zero-order chi connectivity index (χ0) is 14.5. The molecule has 1 aromatic heterocycles. The highest BCUT2D eigenvalue weighted by atomic mass is 32.2. The van der Waals surface area contributed by atoms with E-state index in [4.69, 9.17) is 5.73 Å². The molecule has 3 N–H and O–H groups in total. The van der Waals surface area contributed by atoms with Crippen molar-refractivity contribution in [3.05, 3.63) is 52.2 Å². The number of aromatic amines is 1. The minimum atomic E-state index is -0.331. The van der Waals surface area contributed by atoms with Crippen LogP contribution in [0.5, 0.6) is 0 Å². The maximum absolute atomic E-state index is 14.0. The molecular weight excluding hydrogens is 277 g/mol. The highest BCUT2D eigenvalue weighted by Gasteiger charge is 2.09. The molecule has 0 aliphatic rings. The molecular formula is C14H16FN3OS. The zero-order valence-electron chi connectivity index (χ0n) is 11.1. The molecule has 6 heteroatoms. The maximum Gasteiger partial charge on any atom is 0.251 e. The molecule has 1 atom stereocenters. The van der Waals surface area contributed by atoms with E-state index in [2.05, 4.69) is 9.97 Å². The summed E-state index contributed by atoms with van der Waals surface area (Å²) in [6, 6.07) is 6.38. The Morgan fingerprint density at radius 3 is 2.90 bits per heavy atom. The van der Waals surface area contributed by atoms with Crippen LogP contribution in [0.15, 0.2) is 45.3 Å². The lowest BCUT2D eigenvalue weighted by atomic mass is 10.0. The van der Waals surface area contributed by atoms with Crippen LogP contribution < -0.4 is 11.3 Å². The molecule has 0 saturated carbocycles. The Bertz CT molecular complexity index is 644. The predicted octanol–water partition coefficient (Wildman–Crippen LogP) is 2.34. The summed E-state index contributed by atoms with van der Waals surface area (Å²) in [6.07, 6.45) is 2.90. The fraction of sp³-hybridized carbons (Fsp3) is 0.286. The average Bonchev–Trinajstić information content (AvgIpc) is 2.42. The number of H-pyrrole nitrogens is 1. The van der Waals surface area contributed by atoms with Crippen LogP contribution in [0.4, 0.5) is 4.39 Å². The Balaban J connectivity index is 2.15. The van der Waals surface area contributed by atoms with Crippen molar-refractivity contribution in [1.29, 1.82) is 0 Å². The number of nitrogens with one attached hydrogen (secondary N) is 1. The molecule has 0 radical (unpaired) electrons. The van der Waals surface area contributed by atoms with Crippen molar-refractivity contribution in [3.8, 4) is 0 Å². The van der Waals surface area contributed by atoms with E-state index in [1.807, 2.05) is 13.0 Å². The Kier molecular flexibility index (Phi) is 4.92. The first-order valence-corrected chi connectivity index (χ1v) is 7.17. The van der Waals surface area contributed by atoms with Crippen molar-refractivity contribution in [2.75, 3.05) is 0 Å². The lowest BCUT2D eigenvalue weighted by molar-refractivity contribution is 0.592. The molecule has 106 valence electrons. The van der Waals surface area contributed by atoms with Crippen LogP contribution in [0.2, 0.25) is 0 Å². The van der Waals surface area contributed by atoms with Crippen LogP contribution in [0.1, 0.15) is 18.9 Å². The smallest absolute Gasteiger partial charge is 0.251 e. The maximum atomic E-state index is 14.0. The van der Waals surface area contributed by atoms with E-state index < -0.39 is 0 Å². The predicted molar refractivity (Wildman–Crippen MR) is 77.4 cm³/mol. The third kappa shape index (κ3) is 3.91. The van der Waals surface area contributed by atoms with Crippen LogP contribution in [0.3, 0.4) is 0 Å². The highest BCUT2D eigenvalue weighted by molar-refractivity contribution is 7.99. The SMILES string of the molecule is CCC(N)Cc1ccc(Sc2nccc(=O)[nH]2)c(F)c1. The monoisotopic (exact) mass is 293 g/mol. The standard InChI is InChI=1S/C14H16FN3OS/c1-2-10(16)7-9-3-4-12(11(15)8-9)20-14-17-6-5-13(19)18-14/h3-6,8,10H,2,7,16H2,1H3,(H,17,18,19). The number of hydrogen-bond donors (Lipinski definition) is 2. The van der Waals surface area contributed by atoms with Gasteiger partial charge in [-0.15, -0.1) is 0 Å². The molecule has 0 aliphatic heterocycles. The second-order valence-electron chi connectivity index (χ2n) is 4.48. The Hall–Kier alpha value is -1.66. The van der Waals surface area contributed by atoms with Crippen LogP contribution in [-0.4, -0.2) is 16.0 Å². The molecule has 20 heavy (non-hydrogen) atoms. The lowest BCUT2D eigenvalue weighted by Crippen LogP contribution is -2.21. The molecule has 1 unspecified atom stereocenters. The molecule has 0 fully saturated rings. The first-order chi connectivity index (χ1) is 9.58. The second kappa shape index (κ2) is 6.67. The van der Waals surface area contributed by atoms with Gasteiger partial charge in [0.25, 0.3) is 5.56 Å². The van der Waals surface area contributed by atoms with E-state index in [0.717, 1.165) is 23.7 Å². The summed E-state index contributed by atoms with van der Waals surface area (Å²) in [7, 11) is 0. The fourth-order valence-corrected chi connectivity index (χ4v) is 2.48. The Morgan fingerprint density at radius 2 is 2.25 bits per heavy atom. The number of nitrogens with zero attached hydrogens (tertiary/aromatic N) is 1. The minimum Gasteiger partial charge on any atom is -0.327 e.